The fourth-order valence-electron chi connectivity index (χ4n) is 2.50. The van der Waals surface area contributed by atoms with E-state index in [1.54, 1.807) is 17.8 Å². The number of nitrogens with one attached hydrogen (secondary N) is 1. The van der Waals surface area contributed by atoms with Crippen molar-refractivity contribution in [2.75, 3.05) is 19.6 Å². The molecule has 1 aliphatic rings. The van der Waals surface area contributed by atoms with Crippen LogP contribution >= 0.6 is 0 Å². The summed E-state index contributed by atoms with van der Waals surface area (Å²) in [4.78, 5) is 25.8. The smallest absolute Gasteiger partial charge is 0.269 e. The van der Waals surface area contributed by atoms with Gasteiger partial charge in [0, 0.05) is 33.1 Å². The van der Waals surface area contributed by atoms with E-state index >= 15 is 0 Å². The second-order valence-electron chi connectivity index (χ2n) is 5.24. The van der Waals surface area contributed by atoms with Crippen molar-refractivity contribution in [2.24, 2.45) is 7.05 Å². The molecule has 20 heavy (non-hydrogen) atoms. The van der Waals surface area contributed by atoms with Crippen molar-refractivity contribution in [3.05, 3.63) is 17.5 Å². The average Bonchev–Trinajstić information content (AvgIpc) is 2.78. The molecule has 2 rings (SSSR count). The summed E-state index contributed by atoms with van der Waals surface area (Å²) < 4.78 is 1.55. The van der Waals surface area contributed by atoms with E-state index in [9.17, 15) is 9.59 Å². The molecule has 1 aromatic heterocycles. The molecule has 0 spiro atoms. The predicted octanol–water partition coefficient (Wildman–Crippen LogP) is 0.861. The van der Waals surface area contributed by atoms with Crippen molar-refractivity contribution < 1.29 is 9.59 Å². The number of hydrogen-bond acceptors (Lipinski definition) is 3. The summed E-state index contributed by atoms with van der Waals surface area (Å²) in [6.45, 7) is 3.93. The molecule has 110 valence electrons. The van der Waals surface area contributed by atoms with Crippen LogP contribution in [-0.2, 0) is 11.8 Å². The highest BCUT2D eigenvalue weighted by molar-refractivity contribution is 5.92. The number of nitrogens with zero attached hydrogens (tertiary/aromatic N) is 3. The van der Waals surface area contributed by atoms with E-state index in [1.165, 1.54) is 6.42 Å². The van der Waals surface area contributed by atoms with Gasteiger partial charge < -0.3 is 10.2 Å². The summed E-state index contributed by atoms with van der Waals surface area (Å²) in [6.07, 6.45) is 3.75. The van der Waals surface area contributed by atoms with Gasteiger partial charge in [-0.25, -0.2) is 0 Å². The molecular weight excluding hydrogens is 256 g/mol. The molecule has 0 bridgehead atoms. The molecule has 1 saturated heterocycles. The lowest BCUT2D eigenvalue weighted by atomic mass is 10.1. The summed E-state index contributed by atoms with van der Waals surface area (Å²) >= 11 is 0. The van der Waals surface area contributed by atoms with Gasteiger partial charge in [-0.15, -0.1) is 0 Å². The van der Waals surface area contributed by atoms with Crippen LogP contribution in [0.25, 0.3) is 0 Å². The summed E-state index contributed by atoms with van der Waals surface area (Å²) in [7, 11) is 1.74. The van der Waals surface area contributed by atoms with Gasteiger partial charge in [-0.05, 0) is 32.3 Å². The Kier molecular flexibility index (Phi) is 4.76. The van der Waals surface area contributed by atoms with Crippen LogP contribution in [-0.4, -0.2) is 46.1 Å². The SMILES string of the molecule is Cc1cc(C(=O)NCCC(=O)N2CCCCC2)n(C)n1. The van der Waals surface area contributed by atoms with Gasteiger partial charge in [0.15, 0.2) is 0 Å². The first-order valence-corrected chi connectivity index (χ1v) is 7.14. The van der Waals surface area contributed by atoms with E-state index < -0.39 is 0 Å². The molecule has 1 aromatic rings. The summed E-state index contributed by atoms with van der Waals surface area (Å²) in [6, 6.07) is 1.74. The Labute approximate surface area is 119 Å². The second-order valence-corrected chi connectivity index (χ2v) is 5.24. The molecule has 2 amide bonds. The van der Waals surface area contributed by atoms with Gasteiger partial charge in [-0.1, -0.05) is 0 Å². The van der Waals surface area contributed by atoms with Crippen molar-refractivity contribution >= 4 is 11.8 Å². The van der Waals surface area contributed by atoms with Gasteiger partial charge in [0.1, 0.15) is 5.69 Å². The average molecular weight is 278 g/mol. The first-order valence-electron chi connectivity index (χ1n) is 7.14. The maximum atomic E-state index is 11.9. The molecule has 0 atom stereocenters. The number of amides is 2. The number of carbonyl (C=O) groups excluding carboxylic acids is 2. The van der Waals surface area contributed by atoms with E-state index in [2.05, 4.69) is 10.4 Å². The number of aromatic nitrogens is 2. The van der Waals surface area contributed by atoms with Crippen LogP contribution in [0, 0.1) is 6.92 Å². The second kappa shape index (κ2) is 6.54. The molecular formula is C14H22N4O2. The van der Waals surface area contributed by atoms with Crippen molar-refractivity contribution in [2.45, 2.75) is 32.6 Å². The number of likely N-dealkylation sites (tertiary alicyclic amines) is 1. The van der Waals surface area contributed by atoms with Crippen LogP contribution in [0.3, 0.4) is 0 Å². The molecule has 2 heterocycles. The lowest BCUT2D eigenvalue weighted by molar-refractivity contribution is -0.131. The van der Waals surface area contributed by atoms with E-state index in [0.717, 1.165) is 31.6 Å². The van der Waals surface area contributed by atoms with Crippen LogP contribution < -0.4 is 5.32 Å². The lowest BCUT2D eigenvalue weighted by Gasteiger charge is -2.26. The molecule has 6 nitrogen and oxygen atoms in total. The summed E-state index contributed by atoms with van der Waals surface area (Å²) in [5, 5.41) is 6.91. The maximum absolute atomic E-state index is 11.9. The maximum Gasteiger partial charge on any atom is 0.269 e. The number of hydrogen-bond donors (Lipinski definition) is 1. The van der Waals surface area contributed by atoms with Gasteiger partial charge in [0.05, 0.1) is 5.69 Å². The van der Waals surface area contributed by atoms with E-state index in [-0.39, 0.29) is 11.8 Å². The highest BCUT2D eigenvalue weighted by atomic mass is 16.2. The number of aryl methyl sites for hydroxylation is 2. The van der Waals surface area contributed by atoms with E-state index in [4.69, 9.17) is 0 Å². The minimum absolute atomic E-state index is 0.131. The first kappa shape index (κ1) is 14.6. The monoisotopic (exact) mass is 278 g/mol. The van der Waals surface area contributed by atoms with Crippen LogP contribution in [0.2, 0.25) is 0 Å². The van der Waals surface area contributed by atoms with Crippen LogP contribution in [0.1, 0.15) is 41.9 Å². The topological polar surface area (TPSA) is 67.2 Å². The molecule has 1 N–H and O–H groups in total. The zero-order valence-corrected chi connectivity index (χ0v) is 12.2. The van der Waals surface area contributed by atoms with Gasteiger partial charge in [-0.2, -0.15) is 5.10 Å². The predicted molar refractivity (Wildman–Crippen MR) is 75.3 cm³/mol. The quantitative estimate of drug-likeness (QED) is 0.888. The molecule has 0 saturated carbocycles. The summed E-state index contributed by atoms with van der Waals surface area (Å²) in [5.74, 6) is -0.0502. The molecule has 0 aromatic carbocycles. The van der Waals surface area contributed by atoms with Crippen molar-refractivity contribution in [3.63, 3.8) is 0 Å². The fourth-order valence-corrected chi connectivity index (χ4v) is 2.50. The van der Waals surface area contributed by atoms with Crippen molar-refractivity contribution in [1.29, 1.82) is 0 Å². The van der Waals surface area contributed by atoms with Gasteiger partial charge in [0.25, 0.3) is 5.91 Å². The van der Waals surface area contributed by atoms with Gasteiger partial charge in [-0.3, -0.25) is 14.3 Å². The van der Waals surface area contributed by atoms with Gasteiger partial charge >= 0.3 is 0 Å². The van der Waals surface area contributed by atoms with Gasteiger partial charge in [0.2, 0.25) is 5.91 Å². The van der Waals surface area contributed by atoms with E-state index in [1.807, 2.05) is 11.8 Å². The Hall–Kier alpha value is -1.85. The third-order valence-corrected chi connectivity index (χ3v) is 3.57. The molecule has 1 fully saturated rings. The van der Waals surface area contributed by atoms with E-state index in [0.29, 0.717) is 18.7 Å². The first-order chi connectivity index (χ1) is 9.58. The Morgan fingerprint density at radius 1 is 1.30 bits per heavy atom. The Bertz CT molecular complexity index is 489. The fraction of sp³-hybridized carbons (Fsp3) is 0.643. The minimum atomic E-state index is -0.181. The third kappa shape index (κ3) is 3.59. The normalized spacial score (nSPS) is 15.2. The number of carbonyl (C=O) groups is 2. The standard InChI is InChI=1S/C14H22N4O2/c1-11-10-12(17(2)16-11)14(20)15-7-6-13(19)18-8-4-3-5-9-18/h10H,3-9H2,1-2H3,(H,15,20). The number of rotatable bonds is 4. The Morgan fingerprint density at radius 3 is 2.60 bits per heavy atom. The Morgan fingerprint density at radius 2 is 2.00 bits per heavy atom. The van der Waals surface area contributed by atoms with Crippen molar-refractivity contribution in [3.8, 4) is 0 Å². The Balaban J connectivity index is 1.76. The zero-order chi connectivity index (χ0) is 14.5. The molecule has 6 heteroatoms. The number of piperidine rings is 1. The third-order valence-electron chi connectivity index (χ3n) is 3.57. The molecule has 1 aliphatic heterocycles. The largest absolute Gasteiger partial charge is 0.350 e. The highest BCUT2D eigenvalue weighted by Gasteiger charge is 2.17. The molecule has 0 aliphatic carbocycles. The lowest BCUT2D eigenvalue weighted by Crippen LogP contribution is -2.38. The minimum Gasteiger partial charge on any atom is -0.350 e. The molecule has 0 radical (unpaired) electrons. The van der Waals surface area contributed by atoms with Crippen LogP contribution in [0.15, 0.2) is 6.07 Å². The summed E-state index contributed by atoms with van der Waals surface area (Å²) in [5.41, 5.74) is 1.33. The zero-order valence-electron chi connectivity index (χ0n) is 12.2. The van der Waals surface area contributed by atoms with Crippen LogP contribution in [0.5, 0.6) is 0 Å². The van der Waals surface area contributed by atoms with Crippen molar-refractivity contribution in [1.82, 2.24) is 20.0 Å². The highest BCUT2D eigenvalue weighted by Crippen LogP contribution is 2.09. The van der Waals surface area contributed by atoms with Crippen LogP contribution in [0.4, 0.5) is 0 Å². The molecule has 0 unspecified atom stereocenters.